The van der Waals surface area contributed by atoms with Crippen LogP contribution in [0.25, 0.3) is 11.3 Å². The van der Waals surface area contributed by atoms with Crippen LogP contribution in [0.1, 0.15) is 42.9 Å². The Morgan fingerprint density at radius 1 is 1.50 bits per heavy atom. The number of aromatic nitrogens is 2. The number of nitrogens with one attached hydrogen (secondary N) is 1. The molecule has 3 rings (SSSR count). The van der Waals surface area contributed by atoms with Gasteiger partial charge in [-0.25, -0.2) is 4.98 Å². The molecule has 18 heavy (non-hydrogen) atoms. The minimum Gasteiger partial charge on any atom is -0.344 e. The Labute approximate surface area is 111 Å². The van der Waals surface area contributed by atoms with Crippen LogP contribution >= 0.6 is 11.6 Å². The fourth-order valence-electron chi connectivity index (χ4n) is 2.53. The Kier molecular flexibility index (Phi) is 2.88. The molecule has 1 atom stereocenters. The average molecular weight is 262 g/mol. The number of nitrogens with two attached hydrogens (primary N) is 1. The quantitative estimate of drug-likeness (QED) is 0.759. The van der Waals surface area contributed by atoms with Crippen molar-refractivity contribution in [3.05, 3.63) is 40.3 Å². The number of hydrogen-bond donors (Lipinski definition) is 2. The molecule has 1 unspecified atom stereocenters. The van der Waals surface area contributed by atoms with Gasteiger partial charge in [0.2, 0.25) is 0 Å². The molecule has 0 saturated carbocycles. The summed E-state index contributed by atoms with van der Waals surface area (Å²) in [6.45, 7) is 2.13. The van der Waals surface area contributed by atoms with Crippen LogP contribution in [0, 0.1) is 0 Å². The molecule has 94 valence electrons. The number of nitrogens with zero attached hydrogens (tertiary/aromatic N) is 1. The van der Waals surface area contributed by atoms with E-state index in [1.807, 2.05) is 18.2 Å². The molecule has 1 aliphatic rings. The number of imidazole rings is 1. The zero-order valence-electron chi connectivity index (χ0n) is 10.3. The fraction of sp³-hybridized carbons (Fsp3) is 0.357. The number of benzene rings is 1. The first-order chi connectivity index (χ1) is 8.69. The van der Waals surface area contributed by atoms with E-state index in [9.17, 15) is 0 Å². The van der Waals surface area contributed by atoms with Gasteiger partial charge >= 0.3 is 0 Å². The largest absolute Gasteiger partial charge is 0.344 e. The standard InChI is InChI=1S/C14H16ClN3/c1-2-3-11(16)14-17-12-7-8-6-9(15)4-5-10(8)13(12)18-14/h4-6,11H,2-3,7,16H2,1H3,(H,17,18). The van der Waals surface area contributed by atoms with Crippen LogP contribution in [0.3, 0.4) is 0 Å². The molecule has 3 N–H and O–H groups in total. The number of hydrogen-bond acceptors (Lipinski definition) is 2. The molecule has 0 bridgehead atoms. The van der Waals surface area contributed by atoms with Crippen molar-refractivity contribution < 1.29 is 0 Å². The molecule has 3 nitrogen and oxygen atoms in total. The first-order valence-electron chi connectivity index (χ1n) is 6.32. The Morgan fingerprint density at radius 3 is 3.11 bits per heavy atom. The van der Waals surface area contributed by atoms with E-state index in [-0.39, 0.29) is 6.04 Å². The predicted octanol–water partition coefficient (Wildman–Crippen LogP) is 3.43. The molecule has 1 heterocycles. The van der Waals surface area contributed by atoms with Crippen molar-refractivity contribution in [2.75, 3.05) is 0 Å². The van der Waals surface area contributed by atoms with E-state index in [0.29, 0.717) is 0 Å². The van der Waals surface area contributed by atoms with Crippen molar-refractivity contribution in [3.8, 4) is 11.3 Å². The van der Waals surface area contributed by atoms with Crippen LogP contribution in [0.2, 0.25) is 5.02 Å². The van der Waals surface area contributed by atoms with E-state index in [2.05, 4.69) is 16.9 Å². The van der Waals surface area contributed by atoms with E-state index in [4.69, 9.17) is 17.3 Å². The molecule has 0 radical (unpaired) electrons. The maximum atomic E-state index is 6.10. The van der Waals surface area contributed by atoms with Gasteiger partial charge in [0.1, 0.15) is 5.82 Å². The van der Waals surface area contributed by atoms with Crippen LogP contribution < -0.4 is 5.73 Å². The third-order valence-corrected chi connectivity index (χ3v) is 3.67. The third kappa shape index (κ3) is 1.84. The van der Waals surface area contributed by atoms with Gasteiger partial charge < -0.3 is 10.7 Å². The summed E-state index contributed by atoms with van der Waals surface area (Å²) in [5.41, 5.74) is 10.7. The molecular weight excluding hydrogens is 246 g/mol. The van der Waals surface area contributed by atoms with Gasteiger partial charge in [0, 0.05) is 22.7 Å². The maximum Gasteiger partial charge on any atom is 0.124 e. The highest BCUT2D eigenvalue weighted by atomic mass is 35.5. The van der Waals surface area contributed by atoms with Crippen LogP contribution in [0.5, 0.6) is 0 Å². The van der Waals surface area contributed by atoms with E-state index in [0.717, 1.165) is 41.5 Å². The molecule has 0 saturated heterocycles. The van der Waals surface area contributed by atoms with Crippen molar-refractivity contribution in [3.63, 3.8) is 0 Å². The molecule has 1 aromatic carbocycles. The lowest BCUT2D eigenvalue weighted by Gasteiger charge is -2.06. The summed E-state index contributed by atoms with van der Waals surface area (Å²) in [5, 5.41) is 0.779. The van der Waals surface area contributed by atoms with Gasteiger partial charge in [-0.3, -0.25) is 0 Å². The molecule has 0 aliphatic heterocycles. The second kappa shape index (κ2) is 4.41. The van der Waals surface area contributed by atoms with Crippen molar-refractivity contribution in [1.82, 2.24) is 9.97 Å². The van der Waals surface area contributed by atoms with E-state index >= 15 is 0 Å². The molecular formula is C14H16ClN3. The summed E-state index contributed by atoms with van der Waals surface area (Å²) in [5.74, 6) is 0.905. The summed E-state index contributed by atoms with van der Waals surface area (Å²) in [4.78, 5) is 8.02. The predicted molar refractivity (Wildman–Crippen MR) is 73.7 cm³/mol. The Hall–Kier alpha value is -1.32. The lowest BCUT2D eigenvalue weighted by Crippen LogP contribution is -2.11. The second-order valence-corrected chi connectivity index (χ2v) is 5.26. The minimum atomic E-state index is 0.0105. The molecule has 4 heteroatoms. The Morgan fingerprint density at radius 2 is 2.33 bits per heavy atom. The number of H-pyrrole nitrogens is 1. The zero-order valence-corrected chi connectivity index (χ0v) is 11.1. The average Bonchev–Trinajstić information content (AvgIpc) is 2.85. The summed E-state index contributed by atoms with van der Waals surface area (Å²) in [6, 6.07) is 5.98. The summed E-state index contributed by atoms with van der Waals surface area (Å²) in [7, 11) is 0. The highest BCUT2D eigenvalue weighted by molar-refractivity contribution is 6.30. The smallest absolute Gasteiger partial charge is 0.124 e. The van der Waals surface area contributed by atoms with Gasteiger partial charge in [-0.05, 0) is 24.1 Å². The Bertz CT molecular complexity index is 589. The van der Waals surface area contributed by atoms with Gasteiger partial charge in [0.25, 0.3) is 0 Å². The summed E-state index contributed by atoms with van der Waals surface area (Å²) >= 11 is 6.01. The van der Waals surface area contributed by atoms with Crippen LogP contribution in [0.4, 0.5) is 0 Å². The summed E-state index contributed by atoms with van der Waals surface area (Å²) in [6.07, 6.45) is 2.90. The van der Waals surface area contributed by atoms with Gasteiger partial charge in [-0.15, -0.1) is 0 Å². The molecule has 2 aromatic rings. The highest BCUT2D eigenvalue weighted by Crippen LogP contribution is 2.37. The topological polar surface area (TPSA) is 54.7 Å². The second-order valence-electron chi connectivity index (χ2n) is 4.82. The zero-order chi connectivity index (χ0) is 12.7. The van der Waals surface area contributed by atoms with E-state index < -0.39 is 0 Å². The molecule has 1 aliphatic carbocycles. The number of aromatic amines is 1. The third-order valence-electron chi connectivity index (χ3n) is 3.44. The van der Waals surface area contributed by atoms with E-state index in [1.54, 1.807) is 0 Å². The number of rotatable bonds is 3. The van der Waals surface area contributed by atoms with Crippen molar-refractivity contribution >= 4 is 11.6 Å². The minimum absolute atomic E-state index is 0.0105. The first-order valence-corrected chi connectivity index (χ1v) is 6.70. The van der Waals surface area contributed by atoms with Crippen LogP contribution in [0.15, 0.2) is 18.2 Å². The van der Waals surface area contributed by atoms with Crippen LogP contribution in [-0.4, -0.2) is 9.97 Å². The van der Waals surface area contributed by atoms with Crippen LogP contribution in [-0.2, 0) is 6.42 Å². The van der Waals surface area contributed by atoms with Gasteiger partial charge in [0.15, 0.2) is 0 Å². The molecule has 0 spiro atoms. The van der Waals surface area contributed by atoms with Crippen molar-refractivity contribution in [1.29, 1.82) is 0 Å². The van der Waals surface area contributed by atoms with Gasteiger partial charge in [-0.2, -0.15) is 0 Å². The normalized spacial score (nSPS) is 14.4. The first kappa shape index (κ1) is 11.8. The lowest BCUT2D eigenvalue weighted by atomic mass is 10.1. The lowest BCUT2D eigenvalue weighted by molar-refractivity contribution is 0.607. The molecule has 0 fully saturated rings. The number of halogens is 1. The van der Waals surface area contributed by atoms with Gasteiger partial charge in [-0.1, -0.05) is 31.0 Å². The van der Waals surface area contributed by atoms with E-state index in [1.165, 1.54) is 11.1 Å². The van der Waals surface area contributed by atoms with Crippen molar-refractivity contribution in [2.45, 2.75) is 32.2 Å². The fourth-order valence-corrected chi connectivity index (χ4v) is 2.73. The SMILES string of the molecule is CCCC(N)c1nc2c([nH]1)Cc1cc(Cl)ccc1-2. The summed E-state index contributed by atoms with van der Waals surface area (Å²) < 4.78 is 0. The molecule has 0 amide bonds. The maximum absolute atomic E-state index is 6.10. The highest BCUT2D eigenvalue weighted by Gasteiger charge is 2.24. The molecule has 1 aromatic heterocycles. The Balaban J connectivity index is 1.98. The monoisotopic (exact) mass is 261 g/mol. The van der Waals surface area contributed by atoms with Crippen molar-refractivity contribution in [2.24, 2.45) is 5.73 Å². The number of fused-ring (bicyclic) bond motifs is 3. The van der Waals surface area contributed by atoms with Gasteiger partial charge in [0.05, 0.1) is 11.7 Å².